The summed E-state index contributed by atoms with van der Waals surface area (Å²) in [6.45, 7) is 3.61. The molecular formula is C19H22N4O. The van der Waals surface area contributed by atoms with Crippen molar-refractivity contribution in [3.8, 4) is 0 Å². The number of hydrogen-bond donors (Lipinski definition) is 0. The maximum Gasteiger partial charge on any atom is 0.234 e. The minimum atomic E-state index is -0.233. The molecule has 2 saturated heterocycles. The van der Waals surface area contributed by atoms with E-state index in [0.29, 0.717) is 0 Å². The molecule has 1 aromatic carbocycles. The van der Waals surface area contributed by atoms with E-state index >= 15 is 0 Å². The van der Waals surface area contributed by atoms with Gasteiger partial charge in [0.05, 0.1) is 23.5 Å². The van der Waals surface area contributed by atoms with Crippen molar-refractivity contribution < 1.29 is 4.79 Å². The fourth-order valence-electron chi connectivity index (χ4n) is 4.08. The van der Waals surface area contributed by atoms with Gasteiger partial charge in [-0.15, -0.1) is 0 Å². The van der Waals surface area contributed by atoms with Crippen LogP contribution in [0, 0.1) is 5.41 Å². The first-order chi connectivity index (χ1) is 11.8. The van der Waals surface area contributed by atoms with Crippen molar-refractivity contribution in [1.29, 1.82) is 0 Å². The van der Waals surface area contributed by atoms with E-state index in [9.17, 15) is 4.79 Å². The lowest BCUT2D eigenvalue weighted by molar-refractivity contribution is -0.128. The molecule has 4 rings (SSSR count). The first-order valence-corrected chi connectivity index (χ1v) is 8.60. The third-order valence-electron chi connectivity index (χ3n) is 5.28. The fourth-order valence-corrected chi connectivity index (χ4v) is 4.08. The number of hydrogen-bond acceptors (Lipinski definition) is 4. The molecule has 0 N–H and O–H groups in total. The van der Waals surface area contributed by atoms with E-state index in [0.717, 1.165) is 51.1 Å². The van der Waals surface area contributed by atoms with Gasteiger partial charge in [0.15, 0.2) is 0 Å². The molecule has 2 fully saturated rings. The number of amides is 1. The molecule has 2 aromatic rings. The lowest BCUT2D eigenvalue weighted by Crippen LogP contribution is -2.47. The summed E-state index contributed by atoms with van der Waals surface area (Å²) in [7, 11) is 0. The largest absolute Gasteiger partial charge is 0.309 e. The second kappa shape index (κ2) is 6.32. The summed E-state index contributed by atoms with van der Waals surface area (Å²) in [6, 6.07) is 10.5. The number of nitrogens with zero attached hydrogens (tertiary/aromatic N) is 4. The van der Waals surface area contributed by atoms with Crippen LogP contribution in [0.5, 0.6) is 0 Å². The summed E-state index contributed by atoms with van der Waals surface area (Å²) in [5.41, 5.74) is 1.90. The van der Waals surface area contributed by atoms with Crippen molar-refractivity contribution in [2.24, 2.45) is 5.41 Å². The summed E-state index contributed by atoms with van der Waals surface area (Å²) in [6.07, 6.45) is 7.95. The summed E-state index contributed by atoms with van der Waals surface area (Å²) in [4.78, 5) is 25.5. The number of carbonyl (C=O) groups excluding carboxylic acids is 1. The first-order valence-electron chi connectivity index (χ1n) is 8.60. The highest BCUT2D eigenvalue weighted by Gasteiger charge is 2.49. The first kappa shape index (κ1) is 15.3. The van der Waals surface area contributed by atoms with Crippen LogP contribution in [0.2, 0.25) is 0 Å². The average Bonchev–Trinajstić information content (AvgIpc) is 2.93. The molecule has 5 nitrogen and oxygen atoms in total. The van der Waals surface area contributed by atoms with Gasteiger partial charge < -0.3 is 4.90 Å². The van der Waals surface area contributed by atoms with E-state index in [4.69, 9.17) is 0 Å². The Morgan fingerprint density at radius 1 is 1.04 bits per heavy atom. The molecule has 1 aromatic heterocycles. The molecule has 0 bridgehead atoms. The molecule has 1 unspecified atom stereocenters. The third kappa shape index (κ3) is 2.80. The van der Waals surface area contributed by atoms with Gasteiger partial charge in [-0.2, -0.15) is 0 Å². The van der Waals surface area contributed by atoms with Gasteiger partial charge in [0, 0.05) is 19.6 Å². The summed E-state index contributed by atoms with van der Waals surface area (Å²) >= 11 is 0. The lowest BCUT2D eigenvalue weighted by atomic mass is 9.78. The quantitative estimate of drug-likeness (QED) is 0.871. The van der Waals surface area contributed by atoms with Gasteiger partial charge >= 0.3 is 0 Å². The SMILES string of the molecule is O=C1N(c2cncnc2)CCC12CCCN(Cc1ccccc1)C2. The molecule has 0 saturated carbocycles. The number of anilines is 1. The summed E-state index contributed by atoms with van der Waals surface area (Å²) < 4.78 is 0. The lowest BCUT2D eigenvalue weighted by Gasteiger charge is -2.39. The molecule has 0 aliphatic carbocycles. The predicted octanol–water partition coefficient (Wildman–Crippen LogP) is 2.50. The van der Waals surface area contributed by atoms with Gasteiger partial charge in [-0.1, -0.05) is 30.3 Å². The van der Waals surface area contributed by atoms with Crippen LogP contribution >= 0.6 is 0 Å². The molecule has 1 atom stereocenters. The Labute approximate surface area is 142 Å². The minimum Gasteiger partial charge on any atom is -0.309 e. The highest BCUT2D eigenvalue weighted by atomic mass is 16.2. The van der Waals surface area contributed by atoms with Crippen LogP contribution in [0.1, 0.15) is 24.8 Å². The molecule has 2 aliphatic heterocycles. The van der Waals surface area contributed by atoms with E-state index in [1.165, 1.54) is 11.9 Å². The van der Waals surface area contributed by atoms with E-state index in [1.807, 2.05) is 11.0 Å². The Hall–Kier alpha value is -2.27. The van der Waals surface area contributed by atoms with Gasteiger partial charge in [-0.25, -0.2) is 9.97 Å². The Morgan fingerprint density at radius 3 is 2.62 bits per heavy atom. The molecule has 0 radical (unpaired) electrons. The van der Waals surface area contributed by atoms with Crippen LogP contribution in [-0.2, 0) is 11.3 Å². The van der Waals surface area contributed by atoms with Crippen molar-refractivity contribution in [3.05, 3.63) is 54.6 Å². The Kier molecular flexibility index (Phi) is 4.02. The van der Waals surface area contributed by atoms with Crippen LogP contribution in [-0.4, -0.2) is 40.4 Å². The molecule has 1 amide bonds. The topological polar surface area (TPSA) is 49.3 Å². The summed E-state index contributed by atoms with van der Waals surface area (Å²) in [5, 5.41) is 0. The molecule has 2 aliphatic rings. The number of aromatic nitrogens is 2. The van der Waals surface area contributed by atoms with Crippen LogP contribution in [0.4, 0.5) is 5.69 Å². The van der Waals surface area contributed by atoms with E-state index in [1.54, 1.807) is 12.4 Å². The fraction of sp³-hybridized carbons (Fsp3) is 0.421. The van der Waals surface area contributed by atoms with Gasteiger partial charge in [0.1, 0.15) is 6.33 Å². The summed E-state index contributed by atoms with van der Waals surface area (Å²) in [5.74, 6) is 0.245. The minimum absolute atomic E-state index is 0.233. The second-order valence-corrected chi connectivity index (χ2v) is 6.88. The Bertz CT molecular complexity index is 706. The van der Waals surface area contributed by atoms with E-state index in [-0.39, 0.29) is 11.3 Å². The number of piperidine rings is 1. The highest BCUT2D eigenvalue weighted by Crippen LogP contribution is 2.41. The average molecular weight is 322 g/mol. The number of benzene rings is 1. The van der Waals surface area contributed by atoms with Gasteiger partial charge in [0.2, 0.25) is 5.91 Å². The monoisotopic (exact) mass is 322 g/mol. The smallest absolute Gasteiger partial charge is 0.234 e. The van der Waals surface area contributed by atoms with Crippen LogP contribution in [0.25, 0.3) is 0 Å². The third-order valence-corrected chi connectivity index (χ3v) is 5.28. The number of likely N-dealkylation sites (tertiary alicyclic amines) is 1. The normalized spacial score (nSPS) is 24.7. The van der Waals surface area contributed by atoms with Gasteiger partial charge in [0.25, 0.3) is 0 Å². The zero-order chi connectivity index (χ0) is 16.4. The van der Waals surface area contributed by atoms with Crippen LogP contribution < -0.4 is 4.90 Å². The van der Waals surface area contributed by atoms with Crippen molar-refractivity contribution in [1.82, 2.24) is 14.9 Å². The van der Waals surface area contributed by atoms with Crippen LogP contribution in [0.15, 0.2) is 49.1 Å². The zero-order valence-electron chi connectivity index (χ0n) is 13.8. The maximum atomic E-state index is 13.1. The van der Waals surface area contributed by atoms with E-state index in [2.05, 4.69) is 39.1 Å². The van der Waals surface area contributed by atoms with E-state index < -0.39 is 0 Å². The maximum absolute atomic E-state index is 13.1. The number of carbonyl (C=O) groups is 1. The van der Waals surface area contributed by atoms with Crippen molar-refractivity contribution in [2.45, 2.75) is 25.8 Å². The zero-order valence-corrected chi connectivity index (χ0v) is 13.8. The predicted molar refractivity (Wildman–Crippen MR) is 92.4 cm³/mol. The van der Waals surface area contributed by atoms with Crippen molar-refractivity contribution in [3.63, 3.8) is 0 Å². The Morgan fingerprint density at radius 2 is 1.83 bits per heavy atom. The number of rotatable bonds is 3. The van der Waals surface area contributed by atoms with Gasteiger partial charge in [-0.3, -0.25) is 9.69 Å². The van der Waals surface area contributed by atoms with Gasteiger partial charge in [-0.05, 0) is 31.4 Å². The molecule has 5 heteroatoms. The second-order valence-electron chi connectivity index (χ2n) is 6.88. The molecule has 1 spiro atoms. The molecule has 124 valence electrons. The van der Waals surface area contributed by atoms with Crippen molar-refractivity contribution >= 4 is 11.6 Å². The van der Waals surface area contributed by atoms with Crippen LogP contribution in [0.3, 0.4) is 0 Å². The standard InChI is InChI=1S/C19H22N4O/c24-18-19(8-10-23(18)17-11-20-15-21-12-17)7-4-9-22(14-19)13-16-5-2-1-3-6-16/h1-3,5-6,11-12,15H,4,7-10,13-14H2. The van der Waals surface area contributed by atoms with Crippen molar-refractivity contribution in [2.75, 3.05) is 24.5 Å². The Balaban J connectivity index is 1.50. The molecular weight excluding hydrogens is 300 g/mol. The highest BCUT2D eigenvalue weighted by molar-refractivity contribution is 5.99. The molecule has 24 heavy (non-hydrogen) atoms. The molecule has 3 heterocycles.